The molecule has 0 spiro atoms. The molecule has 2 aromatic rings. The van der Waals surface area contributed by atoms with E-state index in [1.165, 1.54) is 11.3 Å². The number of carbonyl (C=O) groups is 1. The van der Waals surface area contributed by atoms with Crippen LogP contribution in [0.15, 0.2) is 18.2 Å². The van der Waals surface area contributed by atoms with E-state index in [0.717, 1.165) is 23.1 Å². The number of amides is 1. The molecule has 3 N–H and O–H groups in total. The molecule has 4 nitrogen and oxygen atoms in total. The molecule has 102 valence electrons. The Labute approximate surface area is 121 Å². The molecule has 1 unspecified atom stereocenters. The number of rotatable bonds is 5. The Balaban J connectivity index is 2.06. The van der Waals surface area contributed by atoms with Gasteiger partial charge in [0.2, 0.25) is 5.91 Å². The summed E-state index contributed by atoms with van der Waals surface area (Å²) in [5, 5.41) is 4.13. The van der Waals surface area contributed by atoms with Gasteiger partial charge in [0.15, 0.2) is 5.13 Å². The lowest BCUT2D eigenvalue weighted by Gasteiger charge is -2.09. The minimum absolute atomic E-state index is 0.0152. The summed E-state index contributed by atoms with van der Waals surface area (Å²) in [5.74, 6) is -0.0715. The molecule has 6 heteroatoms. The normalized spacial score (nSPS) is 12.6. The lowest BCUT2D eigenvalue weighted by molar-refractivity contribution is -0.119. The fourth-order valence-corrected chi connectivity index (χ4v) is 2.88. The van der Waals surface area contributed by atoms with Gasteiger partial charge in [-0.15, -0.1) is 0 Å². The minimum Gasteiger partial charge on any atom is -0.330 e. The van der Waals surface area contributed by atoms with E-state index < -0.39 is 0 Å². The minimum atomic E-state index is -0.0563. The van der Waals surface area contributed by atoms with Crippen molar-refractivity contribution in [2.75, 3.05) is 11.9 Å². The van der Waals surface area contributed by atoms with Gasteiger partial charge in [-0.05, 0) is 37.6 Å². The molecular weight excluding hydrogens is 282 g/mol. The zero-order chi connectivity index (χ0) is 13.8. The maximum absolute atomic E-state index is 12.0. The van der Waals surface area contributed by atoms with Gasteiger partial charge >= 0.3 is 0 Å². The van der Waals surface area contributed by atoms with E-state index in [1.807, 2.05) is 19.1 Å². The van der Waals surface area contributed by atoms with Crippen LogP contribution >= 0.6 is 22.9 Å². The molecular formula is C13H16ClN3OS. The smallest absolute Gasteiger partial charge is 0.228 e. The average molecular weight is 298 g/mol. The molecule has 1 amide bonds. The topological polar surface area (TPSA) is 68.0 Å². The molecule has 19 heavy (non-hydrogen) atoms. The monoisotopic (exact) mass is 297 g/mol. The largest absolute Gasteiger partial charge is 0.330 e. The van der Waals surface area contributed by atoms with E-state index in [2.05, 4.69) is 10.3 Å². The van der Waals surface area contributed by atoms with Gasteiger partial charge in [0.05, 0.1) is 10.2 Å². The first-order valence-electron chi connectivity index (χ1n) is 6.17. The number of nitrogens with zero attached hydrogens (tertiary/aromatic N) is 1. The molecule has 1 atom stereocenters. The lowest BCUT2D eigenvalue weighted by atomic mass is 10.1. The number of halogens is 1. The van der Waals surface area contributed by atoms with E-state index in [1.54, 1.807) is 6.07 Å². The predicted octanol–water partition coefficient (Wildman–Crippen LogP) is 3.26. The van der Waals surface area contributed by atoms with Crippen molar-refractivity contribution in [3.05, 3.63) is 23.2 Å². The standard InChI is InChI=1S/C13H16ClN3OS/c1-8(3-2-6-15)12(18)17-13-16-10-5-4-9(14)7-11(10)19-13/h4-5,7-8H,2-3,6,15H2,1H3,(H,16,17,18). The molecule has 1 aromatic heterocycles. The highest BCUT2D eigenvalue weighted by Crippen LogP contribution is 2.28. The van der Waals surface area contributed by atoms with Crippen LogP contribution in [0.25, 0.3) is 10.2 Å². The van der Waals surface area contributed by atoms with Crippen molar-refractivity contribution in [3.63, 3.8) is 0 Å². The molecule has 0 bridgehead atoms. The van der Waals surface area contributed by atoms with E-state index in [-0.39, 0.29) is 11.8 Å². The Morgan fingerprint density at radius 3 is 3.11 bits per heavy atom. The number of carbonyl (C=O) groups excluding carboxylic acids is 1. The number of aromatic nitrogens is 1. The van der Waals surface area contributed by atoms with E-state index in [4.69, 9.17) is 17.3 Å². The van der Waals surface area contributed by atoms with Gasteiger partial charge in [-0.2, -0.15) is 0 Å². The van der Waals surface area contributed by atoms with Crippen LogP contribution in [0, 0.1) is 5.92 Å². The van der Waals surface area contributed by atoms with Crippen LogP contribution in [-0.2, 0) is 4.79 Å². The molecule has 2 rings (SSSR count). The van der Waals surface area contributed by atoms with Crippen LogP contribution in [0.5, 0.6) is 0 Å². The number of fused-ring (bicyclic) bond motifs is 1. The second-order valence-corrected chi connectivity index (χ2v) is 5.92. The van der Waals surface area contributed by atoms with Crippen molar-refractivity contribution in [3.8, 4) is 0 Å². The molecule has 0 saturated carbocycles. The van der Waals surface area contributed by atoms with Crippen molar-refractivity contribution in [1.29, 1.82) is 0 Å². The van der Waals surface area contributed by atoms with Gasteiger partial charge in [0.1, 0.15) is 0 Å². The SMILES string of the molecule is CC(CCCN)C(=O)Nc1nc2ccc(Cl)cc2s1. The summed E-state index contributed by atoms with van der Waals surface area (Å²) in [6.07, 6.45) is 1.64. The highest BCUT2D eigenvalue weighted by atomic mass is 35.5. The zero-order valence-corrected chi connectivity index (χ0v) is 12.2. The van der Waals surface area contributed by atoms with Gasteiger partial charge in [0, 0.05) is 10.9 Å². The van der Waals surface area contributed by atoms with E-state index in [0.29, 0.717) is 16.7 Å². The third-order valence-electron chi connectivity index (χ3n) is 2.87. The fourth-order valence-electron chi connectivity index (χ4n) is 1.74. The number of hydrogen-bond donors (Lipinski definition) is 2. The predicted molar refractivity (Wildman–Crippen MR) is 80.7 cm³/mol. The summed E-state index contributed by atoms with van der Waals surface area (Å²) in [7, 11) is 0. The number of nitrogens with one attached hydrogen (secondary N) is 1. The Hall–Kier alpha value is -1.17. The summed E-state index contributed by atoms with van der Waals surface area (Å²) in [5.41, 5.74) is 6.29. The summed E-state index contributed by atoms with van der Waals surface area (Å²) < 4.78 is 0.970. The molecule has 0 radical (unpaired) electrons. The first-order valence-corrected chi connectivity index (χ1v) is 7.36. The number of anilines is 1. The van der Waals surface area contributed by atoms with Crippen LogP contribution in [0.4, 0.5) is 5.13 Å². The highest BCUT2D eigenvalue weighted by molar-refractivity contribution is 7.22. The number of thiazole rings is 1. The molecule has 0 aliphatic heterocycles. The second-order valence-electron chi connectivity index (χ2n) is 4.45. The Bertz CT molecular complexity index is 584. The first-order chi connectivity index (χ1) is 9.10. The second kappa shape index (κ2) is 6.32. The van der Waals surface area contributed by atoms with Crippen LogP contribution in [0.3, 0.4) is 0 Å². The van der Waals surface area contributed by atoms with Gasteiger partial charge in [-0.25, -0.2) is 4.98 Å². The van der Waals surface area contributed by atoms with Crippen LogP contribution in [-0.4, -0.2) is 17.4 Å². The van der Waals surface area contributed by atoms with Gasteiger partial charge in [0.25, 0.3) is 0 Å². The highest BCUT2D eigenvalue weighted by Gasteiger charge is 2.14. The van der Waals surface area contributed by atoms with Gasteiger partial charge < -0.3 is 11.1 Å². The summed E-state index contributed by atoms with van der Waals surface area (Å²) in [4.78, 5) is 16.3. The fraction of sp³-hybridized carbons (Fsp3) is 0.385. The van der Waals surface area contributed by atoms with Crippen molar-refractivity contribution in [2.45, 2.75) is 19.8 Å². The van der Waals surface area contributed by atoms with Crippen LogP contribution < -0.4 is 11.1 Å². The summed E-state index contributed by atoms with van der Waals surface area (Å²) >= 11 is 7.35. The third kappa shape index (κ3) is 3.65. The van der Waals surface area contributed by atoms with E-state index >= 15 is 0 Å². The molecule has 1 aromatic carbocycles. The Kier molecular flexibility index (Phi) is 4.74. The quantitative estimate of drug-likeness (QED) is 0.890. The Morgan fingerprint density at radius 1 is 1.58 bits per heavy atom. The molecule has 1 heterocycles. The summed E-state index contributed by atoms with van der Waals surface area (Å²) in [6, 6.07) is 5.49. The van der Waals surface area contributed by atoms with Crippen LogP contribution in [0.1, 0.15) is 19.8 Å². The number of benzene rings is 1. The zero-order valence-electron chi connectivity index (χ0n) is 10.6. The summed E-state index contributed by atoms with van der Waals surface area (Å²) in [6.45, 7) is 2.51. The van der Waals surface area contributed by atoms with Crippen molar-refractivity contribution in [1.82, 2.24) is 4.98 Å². The maximum atomic E-state index is 12.0. The lowest BCUT2D eigenvalue weighted by Crippen LogP contribution is -2.21. The molecule has 0 saturated heterocycles. The first kappa shape index (κ1) is 14.2. The number of hydrogen-bond acceptors (Lipinski definition) is 4. The molecule has 0 aliphatic carbocycles. The van der Waals surface area contributed by atoms with Gasteiger partial charge in [-0.1, -0.05) is 29.9 Å². The van der Waals surface area contributed by atoms with Crippen LogP contribution in [0.2, 0.25) is 5.02 Å². The van der Waals surface area contributed by atoms with Crippen molar-refractivity contribution >= 4 is 44.2 Å². The van der Waals surface area contributed by atoms with Gasteiger partial charge in [-0.3, -0.25) is 4.79 Å². The molecule has 0 aliphatic rings. The van der Waals surface area contributed by atoms with Crippen molar-refractivity contribution < 1.29 is 4.79 Å². The maximum Gasteiger partial charge on any atom is 0.228 e. The third-order valence-corrected chi connectivity index (χ3v) is 4.04. The number of nitrogens with two attached hydrogens (primary N) is 1. The van der Waals surface area contributed by atoms with E-state index in [9.17, 15) is 4.79 Å². The van der Waals surface area contributed by atoms with Crippen molar-refractivity contribution in [2.24, 2.45) is 11.7 Å². The Morgan fingerprint density at radius 2 is 2.37 bits per heavy atom. The average Bonchev–Trinajstić information content (AvgIpc) is 2.77. The molecule has 0 fully saturated rings.